The summed E-state index contributed by atoms with van der Waals surface area (Å²) in [6.45, 7) is 1.86. The van der Waals surface area contributed by atoms with Gasteiger partial charge < -0.3 is 20.7 Å². The lowest BCUT2D eigenvalue weighted by molar-refractivity contribution is -0.142. The first-order valence-electron chi connectivity index (χ1n) is 7.35. The predicted octanol–water partition coefficient (Wildman–Crippen LogP) is 0.0244. The van der Waals surface area contributed by atoms with E-state index in [4.69, 9.17) is 10.8 Å². The van der Waals surface area contributed by atoms with Crippen LogP contribution in [0.5, 0.6) is 0 Å². The minimum atomic E-state index is -1.25. The van der Waals surface area contributed by atoms with Gasteiger partial charge in [-0.05, 0) is 18.9 Å². The number of nitrogens with two attached hydrogens (primary N) is 1. The van der Waals surface area contributed by atoms with Gasteiger partial charge in [-0.2, -0.15) is 0 Å². The van der Waals surface area contributed by atoms with Gasteiger partial charge in [0.25, 0.3) is 5.56 Å². The summed E-state index contributed by atoms with van der Waals surface area (Å²) in [6.07, 6.45) is 2.26. The molecule has 0 aliphatic carbocycles. The van der Waals surface area contributed by atoms with Gasteiger partial charge >= 0.3 is 5.97 Å². The summed E-state index contributed by atoms with van der Waals surface area (Å²) in [5.41, 5.74) is 4.66. The van der Waals surface area contributed by atoms with E-state index in [0.29, 0.717) is 12.8 Å². The van der Waals surface area contributed by atoms with Crippen LogP contribution in [-0.2, 0) is 14.4 Å². The number of amides is 2. The fourth-order valence-electron chi connectivity index (χ4n) is 2.18. The molecule has 0 saturated carbocycles. The van der Waals surface area contributed by atoms with Crippen molar-refractivity contribution < 1.29 is 19.5 Å². The number of carboxylic acids is 1. The molecule has 0 saturated heterocycles. The van der Waals surface area contributed by atoms with E-state index < -0.39 is 29.9 Å². The maximum atomic E-state index is 12.4. The number of nitrogens with zero attached hydrogens (tertiary/aromatic N) is 1. The average Bonchev–Trinajstić information content (AvgIpc) is 2.49. The van der Waals surface area contributed by atoms with E-state index in [-0.39, 0.29) is 18.4 Å². The Kier molecular flexibility index (Phi) is 6.98. The Morgan fingerprint density at radius 3 is 2.52 bits per heavy atom. The maximum Gasteiger partial charge on any atom is 0.326 e. The van der Waals surface area contributed by atoms with Crippen molar-refractivity contribution in [1.82, 2.24) is 9.88 Å². The Morgan fingerprint density at radius 1 is 1.30 bits per heavy atom. The standard InChI is InChI=1S/C15H21N3O5/c1-2-5-11(18-9-4-3-6-13(18)20)14(21)17-10(15(22)23)7-8-12(16)19/h3-4,6,9-11H,2,5,7-8H2,1H3,(H2,16,19)(H,17,21)(H,22,23). The largest absolute Gasteiger partial charge is 0.480 e. The molecule has 0 aliphatic rings. The van der Waals surface area contributed by atoms with Gasteiger partial charge in [0.05, 0.1) is 0 Å². The highest BCUT2D eigenvalue weighted by molar-refractivity contribution is 5.86. The molecular formula is C15H21N3O5. The summed E-state index contributed by atoms with van der Waals surface area (Å²) in [5.74, 6) is -2.47. The fraction of sp³-hybridized carbons (Fsp3) is 0.467. The second-order valence-corrected chi connectivity index (χ2v) is 5.16. The van der Waals surface area contributed by atoms with E-state index in [1.54, 1.807) is 12.1 Å². The molecule has 2 unspecified atom stereocenters. The third-order valence-electron chi connectivity index (χ3n) is 3.35. The van der Waals surface area contributed by atoms with Gasteiger partial charge in [0.1, 0.15) is 12.1 Å². The number of aromatic nitrogens is 1. The second kappa shape index (κ2) is 8.72. The molecule has 0 radical (unpaired) electrons. The molecule has 1 aromatic heterocycles. The molecule has 23 heavy (non-hydrogen) atoms. The molecule has 2 amide bonds. The SMILES string of the molecule is CCCC(C(=O)NC(CCC(N)=O)C(=O)O)n1ccccc1=O. The van der Waals surface area contributed by atoms with Gasteiger partial charge in [0.15, 0.2) is 0 Å². The van der Waals surface area contributed by atoms with Crippen LogP contribution in [0.1, 0.15) is 38.6 Å². The molecule has 126 valence electrons. The molecular weight excluding hydrogens is 302 g/mol. The van der Waals surface area contributed by atoms with E-state index in [1.807, 2.05) is 6.92 Å². The Bertz CT molecular complexity index is 626. The summed E-state index contributed by atoms with van der Waals surface area (Å²) in [4.78, 5) is 46.3. The average molecular weight is 323 g/mol. The van der Waals surface area contributed by atoms with Gasteiger partial charge in [0.2, 0.25) is 11.8 Å². The molecule has 0 spiro atoms. The van der Waals surface area contributed by atoms with Crippen LogP contribution in [0, 0.1) is 0 Å². The minimum absolute atomic E-state index is 0.0983. The zero-order valence-electron chi connectivity index (χ0n) is 12.9. The van der Waals surface area contributed by atoms with Crippen LogP contribution in [0.25, 0.3) is 0 Å². The molecule has 8 nitrogen and oxygen atoms in total. The molecule has 2 atom stereocenters. The van der Waals surface area contributed by atoms with Crippen LogP contribution in [0.3, 0.4) is 0 Å². The first-order chi connectivity index (χ1) is 10.9. The third kappa shape index (κ3) is 5.57. The highest BCUT2D eigenvalue weighted by Gasteiger charge is 2.26. The maximum absolute atomic E-state index is 12.4. The van der Waals surface area contributed by atoms with Crippen LogP contribution in [-0.4, -0.2) is 33.5 Å². The van der Waals surface area contributed by atoms with E-state index in [1.165, 1.54) is 16.8 Å². The number of aliphatic carboxylic acids is 1. The number of pyridine rings is 1. The Balaban J connectivity index is 2.92. The normalized spacial score (nSPS) is 13.1. The predicted molar refractivity (Wildman–Crippen MR) is 82.6 cm³/mol. The summed E-state index contributed by atoms with van der Waals surface area (Å²) in [7, 11) is 0. The van der Waals surface area contributed by atoms with Gasteiger partial charge in [0, 0.05) is 18.7 Å². The number of rotatable bonds is 9. The zero-order chi connectivity index (χ0) is 17.4. The quantitative estimate of drug-likeness (QED) is 0.589. The van der Waals surface area contributed by atoms with Crippen LogP contribution >= 0.6 is 0 Å². The van der Waals surface area contributed by atoms with Gasteiger partial charge in [-0.1, -0.05) is 19.4 Å². The lowest BCUT2D eigenvalue weighted by atomic mass is 10.1. The lowest BCUT2D eigenvalue weighted by Gasteiger charge is -2.21. The number of hydrogen-bond donors (Lipinski definition) is 3. The molecule has 8 heteroatoms. The molecule has 1 aromatic rings. The van der Waals surface area contributed by atoms with Crippen molar-refractivity contribution in [3.8, 4) is 0 Å². The van der Waals surface area contributed by atoms with Crippen molar-refractivity contribution >= 4 is 17.8 Å². The Hall–Kier alpha value is -2.64. The third-order valence-corrected chi connectivity index (χ3v) is 3.35. The Labute approximate surface area is 133 Å². The highest BCUT2D eigenvalue weighted by Crippen LogP contribution is 2.13. The number of primary amides is 1. The Morgan fingerprint density at radius 2 is 2.00 bits per heavy atom. The lowest BCUT2D eigenvalue weighted by Crippen LogP contribution is -2.45. The monoisotopic (exact) mass is 323 g/mol. The topological polar surface area (TPSA) is 131 Å². The summed E-state index contributed by atoms with van der Waals surface area (Å²) in [6, 6.07) is 2.49. The van der Waals surface area contributed by atoms with Crippen molar-refractivity contribution in [1.29, 1.82) is 0 Å². The molecule has 0 fully saturated rings. The minimum Gasteiger partial charge on any atom is -0.480 e. The van der Waals surface area contributed by atoms with E-state index in [2.05, 4.69) is 5.32 Å². The van der Waals surface area contributed by atoms with Crippen molar-refractivity contribution in [2.45, 2.75) is 44.7 Å². The van der Waals surface area contributed by atoms with Crippen LogP contribution in [0.15, 0.2) is 29.2 Å². The molecule has 4 N–H and O–H groups in total. The number of hydrogen-bond acceptors (Lipinski definition) is 4. The van der Waals surface area contributed by atoms with Gasteiger partial charge in [-0.15, -0.1) is 0 Å². The fourth-order valence-corrected chi connectivity index (χ4v) is 2.18. The molecule has 0 bridgehead atoms. The van der Waals surface area contributed by atoms with Gasteiger partial charge in [-0.3, -0.25) is 14.4 Å². The van der Waals surface area contributed by atoms with E-state index in [0.717, 1.165) is 0 Å². The van der Waals surface area contributed by atoms with Gasteiger partial charge in [-0.25, -0.2) is 4.79 Å². The zero-order valence-corrected chi connectivity index (χ0v) is 12.9. The van der Waals surface area contributed by atoms with E-state index >= 15 is 0 Å². The summed E-state index contributed by atoms with van der Waals surface area (Å²) >= 11 is 0. The molecule has 1 rings (SSSR count). The molecule has 0 aromatic carbocycles. The molecule has 1 heterocycles. The smallest absolute Gasteiger partial charge is 0.326 e. The number of carbonyl (C=O) groups excluding carboxylic acids is 2. The van der Waals surface area contributed by atoms with E-state index in [9.17, 15) is 19.2 Å². The highest BCUT2D eigenvalue weighted by atomic mass is 16.4. The first-order valence-corrected chi connectivity index (χ1v) is 7.35. The summed E-state index contributed by atoms with van der Waals surface area (Å²) in [5, 5.41) is 11.5. The van der Waals surface area contributed by atoms with Crippen molar-refractivity contribution in [2.75, 3.05) is 0 Å². The van der Waals surface area contributed by atoms with Crippen LogP contribution in [0.2, 0.25) is 0 Å². The first kappa shape index (κ1) is 18.4. The van der Waals surface area contributed by atoms with Crippen molar-refractivity contribution in [2.24, 2.45) is 5.73 Å². The van der Waals surface area contributed by atoms with Crippen molar-refractivity contribution in [3.05, 3.63) is 34.7 Å². The number of carboxylic acid groups (broad SMARTS) is 1. The number of nitrogens with one attached hydrogen (secondary N) is 1. The molecule has 0 aliphatic heterocycles. The summed E-state index contributed by atoms with van der Waals surface area (Å²) < 4.78 is 1.27. The van der Waals surface area contributed by atoms with Crippen LogP contribution < -0.4 is 16.6 Å². The van der Waals surface area contributed by atoms with Crippen molar-refractivity contribution in [3.63, 3.8) is 0 Å². The van der Waals surface area contributed by atoms with Crippen LogP contribution in [0.4, 0.5) is 0 Å². The second-order valence-electron chi connectivity index (χ2n) is 5.16. The number of carbonyl (C=O) groups is 3.